The van der Waals surface area contributed by atoms with E-state index in [1.165, 1.54) is 0 Å². The van der Waals surface area contributed by atoms with E-state index in [9.17, 15) is 9.59 Å². The predicted molar refractivity (Wildman–Crippen MR) is 150 cm³/mol. The summed E-state index contributed by atoms with van der Waals surface area (Å²) in [6.45, 7) is 7.70. The van der Waals surface area contributed by atoms with Crippen molar-refractivity contribution < 1.29 is 19.1 Å². The van der Waals surface area contributed by atoms with Gasteiger partial charge < -0.3 is 30.0 Å². The van der Waals surface area contributed by atoms with Gasteiger partial charge in [0.05, 0.1) is 25.0 Å². The van der Waals surface area contributed by atoms with Crippen molar-refractivity contribution in [1.82, 2.24) is 9.47 Å². The molecule has 2 aromatic carbocycles. The first-order valence-electron chi connectivity index (χ1n) is 12.9. The van der Waals surface area contributed by atoms with Crippen LogP contribution < -0.4 is 20.5 Å². The Balaban J connectivity index is 1.69. The van der Waals surface area contributed by atoms with Gasteiger partial charge >= 0.3 is 0 Å². The van der Waals surface area contributed by atoms with Gasteiger partial charge in [0.15, 0.2) is 17.3 Å². The van der Waals surface area contributed by atoms with Crippen LogP contribution >= 0.6 is 0 Å². The maximum absolute atomic E-state index is 12.8. The zero-order valence-corrected chi connectivity index (χ0v) is 23.2. The number of ether oxygens (including phenoxy) is 2. The van der Waals surface area contributed by atoms with Gasteiger partial charge in [-0.3, -0.25) is 9.59 Å². The SMILES string of the molecule is COc1ccc(Nc2cc(-n3c(C)cc4c3CC(C)(C)CC4=O)ccc2C(N)=O)cc1OCCCN(C)C. The number of amides is 1. The van der Waals surface area contributed by atoms with E-state index < -0.39 is 5.91 Å². The molecule has 8 nitrogen and oxygen atoms in total. The minimum Gasteiger partial charge on any atom is -0.493 e. The zero-order valence-electron chi connectivity index (χ0n) is 23.2. The number of fused-ring (bicyclic) bond motifs is 1. The normalized spacial score (nSPS) is 14.3. The summed E-state index contributed by atoms with van der Waals surface area (Å²) in [5.41, 5.74) is 10.9. The van der Waals surface area contributed by atoms with Crippen molar-refractivity contribution in [2.24, 2.45) is 11.1 Å². The van der Waals surface area contributed by atoms with Crippen LogP contribution in [0.15, 0.2) is 42.5 Å². The molecule has 1 aliphatic rings. The molecule has 1 heterocycles. The van der Waals surface area contributed by atoms with E-state index in [0.29, 0.717) is 35.8 Å². The molecular formula is C30H38N4O4. The number of hydrogen-bond acceptors (Lipinski definition) is 6. The van der Waals surface area contributed by atoms with Gasteiger partial charge in [0.25, 0.3) is 5.91 Å². The van der Waals surface area contributed by atoms with Crippen LogP contribution in [0.25, 0.3) is 5.69 Å². The predicted octanol–water partition coefficient (Wildman–Crippen LogP) is 5.12. The van der Waals surface area contributed by atoms with E-state index in [1.54, 1.807) is 13.2 Å². The van der Waals surface area contributed by atoms with E-state index in [-0.39, 0.29) is 11.2 Å². The number of Topliss-reactive ketones (excluding diaryl/α,β-unsaturated/α-hetero) is 1. The first-order chi connectivity index (χ1) is 18.0. The minimum absolute atomic E-state index is 0.118. The third-order valence-electron chi connectivity index (χ3n) is 6.85. The number of benzene rings is 2. The lowest BCUT2D eigenvalue weighted by Gasteiger charge is -2.30. The summed E-state index contributed by atoms with van der Waals surface area (Å²) < 4.78 is 13.6. The van der Waals surface area contributed by atoms with Crippen molar-refractivity contribution in [2.45, 2.75) is 40.0 Å². The van der Waals surface area contributed by atoms with Crippen molar-refractivity contribution in [3.8, 4) is 17.2 Å². The highest BCUT2D eigenvalue weighted by atomic mass is 16.5. The van der Waals surface area contributed by atoms with Crippen molar-refractivity contribution in [3.63, 3.8) is 0 Å². The molecule has 1 aliphatic carbocycles. The van der Waals surface area contributed by atoms with Crippen LogP contribution in [0.1, 0.15) is 58.8 Å². The summed E-state index contributed by atoms with van der Waals surface area (Å²) >= 11 is 0. The number of methoxy groups -OCH3 is 1. The fourth-order valence-electron chi connectivity index (χ4n) is 5.09. The van der Waals surface area contributed by atoms with E-state index in [4.69, 9.17) is 15.2 Å². The Bertz CT molecular complexity index is 1360. The molecular weight excluding hydrogens is 480 g/mol. The number of nitrogens with one attached hydrogen (secondary N) is 1. The molecule has 3 aromatic rings. The van der Waals surface area contributed by atoms with Gasteiger partial charge in [-0.25, -0.2) is 0 Å². The fourth-order valence-corrected chi connectivity index (χ4v) is 5.09. The van der Waals surface area contributed by atoms with Crippen LogP contribution in [0.5, 0.6) is 11.5 Å². The van der Waals surface area contributed by atoms with Gasteiger partial charge in [0.1, 0.15) is 0 Å². The molecule has 0 spiro atoms. The molecule has 0 fully saturated rings. The Morgan fingerprint density at radius 3 is 2.55 bits per heavy atom. The Kier molecular flexibility index (Phi) is 7.83. The Labute approximate surface area is 224 Å². The van der Waals surface area contributed by atoms with Gasteiger partial charge in [-0.05, 0) is 75.7 Å². The number of carbonyl (C=O) groups excluding carboxylic acids is 2. The number of aryl methyl sites for hydroxylation is 1. The molecule has 0 atom stereocenters. The Morgan fingerprint density at radius 1 is 1.11 bits per heavy atom. The smallest absolute Gasteiger partial charge is 0.250 e. The van der Waals surface area contributed by atoms with Crippen molar-refractivity contribution in [3.05, 3.63) is 65.0 Å². The van der Waals surface area contributed by atoms with E-state index in [0.717, 1.165) is 47.7 Å². The molecule has 1 amide bonds. The molecule has 8 heteroatoms. The summed E-state index contributed by atoms with van der Waals surface area (Å²) in [6.07, 6.45) is 2.20. The van der Waals surface area contributed by atoms with Crippen molar-refractivity contribution in [1.29, 1.82) is 0 Å². The van der Waals surface area contributed by atoms with Crippen molar-refractivity contribution >= 4 is 23.1 Å². The van der Waals surface area contributed by atoms with Crippen LogP contribution in [-0.4, -0.2) is 55.5 Å². The molecule has 0 bridgehead atoms. The van der Waals surface area contributed by atoms with Gasteiger partial charge in [-0.1, -0.05) is 13.8 Å². The highest BCUT2D eigenvalue weighted by Gasteiger charge is 2.34. The third kappa shape index (κ3) is 5.86. The first kappa shape index (κ1) is 27.3. The fraction of sp³-hybridized carbons (Fsp3) is 0.400. The Morgan fingerprint density at radius 2 is 1.87 bits per heavy atom. The summed E-state index contributed by atoms with van der Waals surface area (Å²) in [5.74, 6) is 0.882. The number of rotatable bonds is 10. The number of aromatic nitrogens is 1. The van der Waals surface area contributed by atoms with E-state index in [1.807, 2.05) is 57.4 Å². The van der Waals surface area contributed by atoms with Crippen molar-refractivity contribution in [2.75, 3.05) is 39.7 Å². The standard InChI is InChI=1S/C30H38N4O4/c1-19-14-23-25(17-30(2,3)18-26(23)35)34(19)21-9-10-22(29(31)36)24(16-21)32-20-8-11-27(37-6)28(15-20)38-13-7-12-33(4)5/h8-11,14-16,32H,7,12-13,17-18H2,1-6H3,(H2,31,36). The quantitative estimate of drug-likeness (QED) is 0.362. The second-order valence-corrected chi connectivity index (χ2v) is 11.0. The topological polar surface area (TPSA) is 98.8 Å². The summed E-state index contributed by atoms with van der Waals surface area (Å²) in [6, 6.07) is 13.0. The monoisotopic (exact) mass is 518 g/mol. The Hall–Kier alpha value is -3.78. The molecule has 0 radical (unpaired) electrons. The number of ketones is 1. The summed E-state index contributed by atoms with van der Waals surface area (Å²) in [7, 11) is 5.66. The molecule has 0 saturated carbocycles. The number of carbonyl (C=O) groups is 2. The highest BCUT2D eigenvalue weighted by molar-refractivity contribution is 6.00. The second-order valence-electron chi connectivity index (χ2n) is 11.0. The molecule has 202 valence electrons. The van der Waals surface area contributed by atoms with E-state index >= 15 is 0 Å². The molecule has 0 unspecified atom stereocenters. The van der Waals surface area contributed by atoms with Gasteiger partial charge in [-0.15, -0.1) is 0 Å². The van der Waals surface area contributed by atoms with Crippen LogP contribution in [0.4, 0.5) is 11.4 Å². The molecule has 3 N–H and O–H groups in total. The van der Waals surface area contributed by atoms with Crippen LogP contribution in [0.3, 0.4) is 0 Å². The number of primary amides is 1. The average Bonchev–Trinajstić information content (AvgIpc) is 3.16. The van der Waals surface area contributed by atoms with Gasteiger partial charge in [0.2, 0.25) is 0 Å². The minimum atomic E-state index is -0.532. The lowest BCUT2D eigenvalue weighted by atomic mass is 9.76. The lowest BCUT2D eigenvalue weighted by molar-refractivity contribution is 0.0910. The molecule has 1 aromatic heterocycles. The molecule has 0 aliphatic heterocycles. The summed E-state index contributed by atoms with van der Waals surface area (Å²) in [5, 5.41) is 3.36. The molecule has 4 rings (SSSR count). The van der Waals surface area contributed by atoms with Crippen LogP contribution in [0.2, 0.25) is 0 Å². The lowest BCUT2D eigenvalue weighted by Crippen LogP contribution is -2.27. The largest absolute Gasteiger partial charge is 0.493 e. The second kappa shape index (κ2) is 10.9. The molecule has 38 heavy (non-hydrogen) atoms. The van der Waals surface area contributed by atoms with Gasteiger partial charge in [-0.2, -0.15) is 0 Å². The average molecular weight is 519 g/mol. The number of anilines is 2. The zero-order chi connectivity index (χ0) is 27.6. The van der Waals surface area contributed by atoms with Gasteiger partial charge in [0, 0.05) is 47.4 Å². The molecule has 0 saturated heterocycles. The highest BCUT2D eigenvalue weighted by Crippen LogP contribution is 2.38. The van der Waals surface area contributed by atoms with Crippen LogP contribution in [-0.2, 0) is 6.42 Å². The number of hydrogen-bond donors (Lipinski definition) is 2. The third-order valence-corrected chi connectivity index (χ3v) is 6.85. The first-order valence-corrected chi connectivity index (χ1v) is 12.9. The van der Waals surface area contributed by atoms with E-state index in [2.05, 4.69) is 28.6 Å². The maximum Gasteiger partial charge on any atom is 0.250 e. The van der Waals surface area contributed by atoms with Crippen LogP contribution in [0, 0.1) is 12.3 Å². The maximum atomic E-state index is 12.8. The number of nitrogens with two attached hydrogens (primary N) is 1. The summed E-state index contributed by atoms with van der Waals surface area (Å²) in [4.78, 5) is 27.3. The number of nitrogens with zero attached hydrogens (tertiary/aromatic N) is 2.